The number of carbonyl (C=O) groups is 2. The van der Waals surface area contributed by atoms with E-state index in [4.69, 9.17) is 14.6 Å². The highest BCUT2D eigenvalue weighted by Gasteiger charge is 2.18. The molecule has 94 valence electrons. The second-order valence-electron chi connectivity index (χ2n) is 4.18. The molecule has 0 aliphatic heterocycles. The van der Waals surface area contributed by atoms with Gasteiger partial charge < -0.3 is 14.6 Å². The first-order chi connectivity index (χ1) is 7.38. The van der Waals surface area contributed by atoms with Gasteiger partial charge >= 0.3 is 11.9 Å². The lowest BCUT2D eigenvalue weighted by atomic mass is 10.2. The summed E-state index contributed by atoms with van der Waals surface area (Å²) < 4.78 is 9.79. The van der Waals surface area contributed by atoms with Crippen molar-refractivity contribution in [1.29, 1.82) is 0 Å². The lowest BCUT2D eigenvalue weighted by Crippen LogP contribution is -2.30. The Bertz CT molecular complexity index is 235. The van der Waals surface area contributed by atoms with Crippen LogP contribution in [0.3, 0.4) is 0 Å². The van der Waals surface area contributed by atoms with Crippen molar-refractivity contribution in [1.82, 2.24) is 0 Å². The van der Waals surface area contributed by atoms with Gasteiger partial charge in [0.1, 0.15) is 6.61 Å². The quantitative estimate of drug-likeness (QED) is 0.684. The zero-order chi connectivity index (χ0) is 12.7. The molecular formula is C11H20O5. The number of aliphatic hydroxyl groups is 1. The van der Waals surface area contributed by atoms with Crippen molar-refractivity contribution in [3.63, 3.8) is 0 Å². The molecule has 0 amide bonds. The highest BCUT2D eigenvalue weighted by molar-refractivity contribution is 5.72. The molecule has 5 nitrogen and oxygen atoms in total. The summed E-state index contributed by atoms with van der Waals surface area (Å²) in [5.41, 5.74) is 0. The van der Waals surface area contributed by atoms with Gasteiger partial charge in [-0.1, -0.05) is 27.7 Å². The van der Waals surface area contributed by atoms with E-state index in [1.165, 1.54) is 0 Å². The van der Waals surface area contributed by atoms with E-state index in [1.807, 2.05) is 0 Å². The highest BCUT2D eigenvalue weighted by atomic mass is 16.6. The summed E-state index contributed by atoms with van der Waals surface area (Å²) >= 11 is 0. The van der Waals surface area contributed by atoms with Crippen molar-refractivity contribution >= 4 is 11.9 Å². The number of hydrogen-bond donors (Lipinski definition) is 1. The van der Waals surface area contributed by atoms with Crippen LogP contribution in [0.1, 0.15) is 27.7 Å². The summed E-state index contributed by atoms with van der Waals surface area (Å²) in [7, 11) is 0. The number of hydrogen-bond acceptors (Lipinski definition) is 5. The summed E-state index contributed by atoms with van der Waals surface area (Å²) in [5, 5.41) is 8.94. The van der Waals surface area contributed by atoms with Crippen LogP contribution in [0.2, 0.25) is 0 Å². The molecule has 0 aliphatic rings. The third-order valence-electron chi connectivity index (χ3n) is 1.84. The van der Waals surface area contributed by atoms with E-state index in [2.05, 4.69) is 0 Å². The number of rotatable bonds is 6. The first-order valence-electron chi connectivity index (χ1n) is 5.36. The van der Waals surface area contributed by atoms with E-state index in [9.17, 15) is 9.59 Å². The van der Waals surface area contributed by atoms with Crippen LogP contribution in [0.5, 0.6) is 0 Å². The van der Waals surface area contributed by atoms with Crippen LogP contribution >= 0.6 is 0 Å². The molecule has 0 aromatic carbocycles. The molecular weight excluding hydrogens is 212 g/mol. The topological polar surface area (TPSA) is 72.8 Å². The van der Waals surface area contributed by atoms with E-state index in [1.54, 1.807) is 27.7 Å². The second kappa shape index (κ2) is 7.22. The van der Waals surface area contributed by atoms with Gasteiger partial charge in [0.25, 0.3) is 0 Å². The normalized spacial score (nSPS) is 12.7. The molecule has 16 heavy (non-hydrogen) atoms. The van der Waals surface area contributed by atoms with Crippen molar-refractivity contribution in [3.8, 4) is 0 Å². The molecule has 0 bridgehead atoms. The van der Waals surface area contributed by atoms with Gasteiger partial charge in [0.05, 0.1) is 18.4 Å². The number of esters is 2. The summed E-state index contributed by atoms with van der Waals surface area (Å²) in [5.74, 6) is -1.30. The van der Waals surface area contributed by atoms with Crippen molar-refractivity contribution in [2.24, 2.45) is 11.8 Å². The number of aliphatic hydroxyl groups excluding tert-OH is 1. The fourth-order valence-corrected chi connectivity index (χ4v) is 0.766. The predicted octanol–water partition coefficient (Wildman–Crippen LogP) is 0.746. The van der Waals surface area contributed by atoms with Gasteiger partial charge in [0, 0.05) is 0 Å². The van der Waals surface area contributed by atoms with Crippen LogP contribution < -0.4 is 0 Å². The molecule has 0 rings (SSSR count). The SMILES string of the molecule is CC(C)C(=O)OCC(CO)OC(=O)C(C)C. The van der Waals surface area contributed by atoms with Gasteiger partial charge in [0.2, 0.25) is 0 Å². The Hall–Kier alpha value is -1.10. The Kier molecular flexibility index (Phi) is 6.72. The third-order valence-corrected chi connectivity index (χ3v) is 1.84. The Morgan fingerprint density at radius 3 is 1.94 bits per heavy atom. The Morgan fingerprint density at radius 1 is 1.06 bits per heavy atom. The lowest BCUT2D eigenvalue weighted by Gasteiger charge is -2.17. The van der Waals surface area contributed by atoms with Gasteiger partial charge in [-0.25, -0.2) is 0 Å². The lowest BCUT2D eigenvalue weighted by molar-refractivity contribution is -0.165. The molecule has 1 unspecified atom stereocenters. The molecule has 0 aromatic rings. The van der Waals surface area contributed by atoms with Crippen molar-refractivity contribution < 1.29 is 24.2 Å². The molecule has 0 saturated heterocycles. The Balaban J connectivity index is 4.02. The molecule has 0 fully saturated rings. The van der Waals surface area contributed by atoms with Crippen molar-refractivity contribution in [2.75, 3.05) is 13.2 Å². The molecule has 0 saturated carbocycles. The van der Waals surface area contributed by atoms with Crippen LogP contribution in [0, 0.1) is 11.8 Å². The van der Waals surface area contributed by atoms with Crippen LogP contribution in [-0.2, 0) is 19.1 Å². The molecule has 5 heteroatoms. The third kappa shape index (κ3) is 5.70. The van der Waals surface area contributed by atoms with Crippen LogP contribution in [-0.4, -0.2) is 36.4 Å². The first kappa shape index (κ1) is 14.9. The molecule has 0 spiro atoms. The molecule has 1 N–H and O–H groups in total. The predicted molar refractivity (Wildman–Crippen MR) is 57.6 cm³/mol. The second-order valence-corrected chi connectivity index (χ2v) is 4.18. The smallest absolute Gasteiger partial charge is 0.308 e. The minimum absolute atomic E-state index is 0.105. The maximum Gasteiger partial charge on any atom is 0.308 e. The monoisotopic (exact) mass is 232 g/mol. The summed E-state index contributed by atoms with van der Waals surface area (Å²) in [6.07, 6.45) is -0.780. The van der Waals surface area contributed by atoms with Crippen LogP contribution in [0.4, 0.5) is 0 Å². The van der Waals surface area contributed by atoms with Crippen LogP contribution in [0.25, 0.3) is 0 Å². The summed E-state index contributed by atoms with van der Waals surface area (Å²) in [4.78, 5) is 22.4. The van der Waals surface area contributed by atoms with E-state index >= 15 is 0 Å². The first-order valence-corrected chi connectivity index (χ1v) is 5.36. The van der Waals surface area contributed by atoms with E-state index in [-0.39, 0.29) is 31.0 Å². The Morgan fingerprint density at radius 2 is 1.56 bits per heavy atom. The van der Waals surface area contributed by atoms with E-state index < -0.39 is 12.1 Å². The van der Waals surface area contributed by atoms with E-state index in [0.29, 0.717) is 0 Å². The van der Waals surface area contributed by atoms with Gasteiger partial charge in [-0.05, 0) is 0 Å². The Labute approximate surface area is 95.7 Å². The molecule has 0 aliphatic carbocycles. The molecule has 0 aromatic heterocycles. The molecule has 0 heterocycles. The minimum Gasteiger partial charge on any atom is -0.461 e. The average molecular weight is 232 g/mol. The van der Waals surface area contributed by atoms with Crippen molar-refractivity contribution in [3.05, 3.63) is 0 Å². The molecule has 1 atom stereocenters. The minimum atomic E-state index is -0.780. The van der Waals surface area contributed by atoms with Gasteiger partial charge in [0.15, 0.2) is 6.10 Å². The maximum atomic E-state index is 11.2. The fraction of sp³-hybridized carbons (Fsp3) is 0.818. The fourth-order valence-electron chi connectivity index (χ4n) is 0.766. The van der Waals surface area contributed by atoms with Gasteiger partial charge in [-0.3, -0.25) is 9.59 Å². The maximum absolute atomic E-state index is 11.2. The van der Waals surface area contributed by atoms with Crippen LogP contribution in [0.15, 0.2) is 0 Å². The highest BCUT2D eigenvalue weighted by Crippen LogP contribution is 2.03. The van der Waals surface area contributed by atoms with Gasteiger partial charge in [-0.15, -0.1) is 0 Å². The zero-order valence-electron chi connectivity index (χ0n) is 10.2. The van der Waals surface area contributed by atoms with E-state index in [0.717, 1.165) is 0 Å². The number of carbonyl (C=O) groups excluding carboxylic acids is 2. The zero-order valence-corrected chi connectivity index (χ0v) is 10.2. The summed E-state index contributed by atoms with van der Waals surface area (Å²) in [6.45, 7) is 6.33. The van der Waals surface area contributed by atoms with Crippen molar-refractivity contribution in [2.45, 2.75) is 33.8 Å². The summed E-state index contributed by atoms with van der Waals surface area (Å²) in [6, 6.07) is 0. The standard InChI is InChI=1S/C11H20O5/c1-7(2)10(13)15-6-9(5-12)16-11(14)8(3)4/h7-9,12H,5-6H2,1-4H3. The number of ether oxygens (including phenoxy) is 2. The molecule has 0 radical (unpaired) electrons. The average Bonchev–Trinajstić information content (AvgIpc) is 2.22. The van der Waals surface area contributed by atoms with Gasteiger partial charge in [-0.2, -0.15) is 0 Å². The largest absolute Gasteiger partial charge is 0.461 e.